The topological polar surface area (TPSA) is 67.9 Å². The van der Waals surface area contributed by atoms with Crippen molar-refractivity contribution < 1.29 is 9.53 Å². The first kappa shape index (κ1) is 11.8. The molecule has 0 bridgehead atoms. The van der Waals surface area contributed by atoms with Gasteiger partial charge in [0.2, 0.25) is 0 Å². The lowest BCUT2D eigenvalue weighted by Gasteiger charge is -2.08. The second-order valence-electron chi connectivity index (χ2n) is 4.82. The van der Waals surface area contributed by atoms with Crippen molar-refractivity contribution >= 4 is 38.5 Å². The minimum Gasteiger partial charge on any atom is -0.465 e. The Morgan fingerprint density at radius 3 is 2.90 bits per heavy atom. The molecule has 4 aromatic rings. The molecule has 4 rings (SSSR count). The summed E-state index contributed by atoms with van der Waals surface area (Å²) < 4.78 is 4.87. The Hall–Kier alpha value is -2.95. The van der Waals surface area contributed by atoms with Crippen molar-refractivity contribution in [2.24, 2.45) is 0 Å². The Labute approximate surface area is 119 Å². The van der Waals surface area contributed by atoms with E-state index >= 15 is 0 Å². The number of H-pyrrole nitrogens is 1. The normalized spacial score (nSPS) is 11.3. The Balaban J connectivity index is 2.30. The molecule has 0 atom stereocenters. The minimum atomic E-state index is -0.403. The molecule has 102 valence electrons. The predicted octanol–water partition coefficient (Wildman–Crippen LogP) is 3.05. The van der Waals surface area contributed by atoms with Crippen LogP contribution in [0.15, 0.2) is 42.7 Å². The van der Waals surface area contributed by atoms with Crippen LogP contribution in [0.25, 0.3) is 32.6 Å². The Morgan fingerprint density at radius 2 is 2.05 bits per heavy atom. The summed E-state index contributed by atoms with van der Waals surface area (Å²) in [5.74, 6) is -0.403. The molecule has 0 radical (unpaired) electrons. The van der Waals surface area contributed by atoms with E-state index in [-0.39, 0.29) is 0 Å². The summed E-state index contributed by atoms with van der Waals surface area (Å²) in [6.45, 7) is 0. The maximum atomic E-state index is 12.0. The number of carbonyl (C=O) groups excluding carboxylic acids is 1. The Kier molecular flexibility index (Phi) is 2.41. The summed E-state index contributed by atoms with van der Waals surface area (Å²) in [6, 6.07) is 9.69. The fourth-order valence-electron chi connectivity index (χ4n) is 2.72. The summed E-state index contributed by atoms with van der Waals surface area (Å²) in [5.41, 5.74) is 1.87. The van der Waals surface area contributed by atoms with E-state index in [1.54, 1.807) is 18.5 Å². The number of ether oxygens (including phenoxy) is 1. The quantitative estimate of drug-likeness (QED) is 0.429. The predicted molar refractivity (Wildman–Crippen MR) is 80.2 cm³/mol. The van der Waals surface area contributed by atoms with Crippen LogP contribution in [0.5, 0.6) is 0 Å². The smallest absolute Gasteiger partial charge is 0.340 e. The third-order valence-electron chi connectivity index (χ3n) is 3.69. The maximum Gasteiger partial charge on any atom is 0.340 e. The van der Waals surface area contributed by atoms with Gasteiger partial charge in [-0.2, -0.15) is 5.10 Å². The van der Waals surface area contributed by atoms with Gasteiger partial charge in [-0.1, -0.05) is 24.3 Å². The number of aromatic amines is 1. The molecule has 0 aliphatic heterocycles. The lowest BCUT2D eigenvalue weighted by Crippen LogP contribution is -2.03. The van der Waals surface area contributed by atoms with E-state index in [0.717, 1.165) is 27.1 Å². The third-order valence-corrected chi connectivity index (χ3v) is 3.69. The summed E-state index contributed by atoms with van der Waals surface area (Å²) in [4.78, 5) is 16.5. The van der Waals surface area contributed by atoms with Gasteiger partial charge in [-0.3, -0.25) is 10.1 Å². The Bertz CT molecular complexity index is 1000. The highest BCUT2D eigenvalue weighted by atomic mass is 16.5. The average Bonchev–Trinajstić information content (AvgIpc) is 3.01. The van der Waals surface area contributed by atoms with Crippen molar-refractivity contribution in [3.63, 3.8) is 0 Å². The molecule has 0 aliphatic carbocycles. The van der Waals surface area contributed by atoms with Crippen LogP contribution in [0, 0.1) is 0 Å². The Morgan fingerprint density at radius 1 is 1.19 bits per heavy atom. The van der Waals surface area contributed by atoms with E-state index < -0.39 is 5.97 Å². The first-order valence-electron chi connectivity index (χ1n) is 6.51. The maximum absolute atomic E-state index is 12.0. The van der Waals surface area contributed by atoms with Gasteiger partial charge in [0.05, 0.1) is 29.9 Å². The number of aromatic nitrogens is 3. The highest BCUT2D eigenvalue weighted by Gasteiger charge is 2.17. The zero-order valence-corrected chi connectivity index (χ0v) is 11.3. The summed E-state index contributed by atoms with van der Waals surface area (Å²) in [7, 11) is 1.37. The van der Waals surface area contributed by atoms with Gasteiger partial charge in [0.15, 0.2) is 0 Å². The van der Waals surface area contributed by atoms with E-state index in [1.807, 2.05) is 24.3 Å². The van der Waals surface area contributed by atoms with Gasteiger partial charge < -0.3 is 4.74 Å². The molecular weight excluding hydrogens is 266 g/mol. The van der Waals surface area contributed by atoms with E-state index in [2.05, 4.69) is 15.2 Å². The van der Waals surface area contributed by atoms with Gasteiger partial charge in [0.1, 0.15) is 0 Å². The van der Waals surface area contributed by atoms with Crippen molar-refractivity contribution in [2.45, 2.75) is 0 Å². The molecule has 0 aliphatic rings. The number of carbonyl (C=O) groups is 1. The summed E-state index contributed by atoms with van der Waals surface area (Å²) in [5, 5.41) is 10.9. The zero-order valence-electron chi connectivity index (χ0n) is 11.3. The van der Waals surface area contributed by atoms with Gasteiger partial charge >= 0.3 is 5.97 Å². The van der Waals surface area contributed by atoms with Gasteiger partial charge in [-0.25, -0.2) is 4.79 Å². The van der Waals surface area contributed by atoms with Crippen LogP contribution in [0.1, 0.15) is 10.4 Å². The number of fused-ring (bicyclic) bond motifs is 5. The number of esters is 1. The van der Waals surface area contributed by atoms with Gasteiger partial charge in [-0.15, -0.1) is 0 Å². The number of nitrogens with one attached hydrogen (secondary N) is 1. The second-order valence-corrected chi connectivity index (χ2v) is 4.82. The van der Waals surface area contributed by atoms with Crippen LogP contribution in [-0.2, 0) is 4.74 Å². The van der Waals surface area contributed by atoms with Crippen molar-refractivity contribution in [1.29, 1.82) is 0 Å². The molecular formula is C16H11N3O2. The monoisotopic (exact) mass is 277 g/mol. The van der Waals surface area contributed by atoms with Crippen LogP contribution in [0.3, 0.4) is 0 Å². The number of pyridine rings is 1. The average molecular weight is 277 g/mol. The molecule has 0 spiro atoms. The van der Waals surface area contributed by atoms with E-state index in [1.165, 1.54) is 7.11 Å². The number of methoxy groups -OCH3 is 1. The lowest BCUT2D eigenvalue weighted by atomic mass is 10.0. The van der Waals surface area contributed by atoms with Crippen molar-refractivity contribution in [3.05, 3.63) is 48.3 Å². The fourth-order valence-corrected chi connectivity index (χ4v) is 2.72. The zero-order chi connectivity index (χ0) is 14.4. The molecule has 0 amide bonds. The minimum absolute atomic E-state index is 0.403. The number of hydrogen-bond donors (Lipinski definition) is 1. The number of hydrogen-bond acceptors (Lipinski definition) is 4. The van der Waals surface area contributed by atoms with E-state index in [4.69, 9.17) is 4.74 Å². The van der Waals surface area contributed by atoms with Gasteiger partial charge in [0.25, 0.3) is 0 Å². The number of rotatable bonds is 1. The summed E-state index contributed by atoms with van der Waals surface area (Å²) in [6.07, 6.45) is 3.53. The van der Waals surface area contributed by atoms with Crippen LogP contribution in [-0.4, -0.2) is 28.3 Å². The number of benzene rings is 2. The SMILES string of the molecule is COC(=O)c1cc2[nH]ncc2c2c1ncc1ccccc12. The molecule has 0 saturated heterocycles. The van der Waals surface area contributed by atoms with Gasteiger partial charge in [-0.05, 0) is 11.5 Å². The molecule has 1 N–H and O–H groups in total. The van der Waals surface area contributed by atoms with Crippen LogP contribution in [0.4, 0.5) is 0 Å². The molecule has 5 nitrogen and oxygen atoms in total. The molecule has 2 heterocycles. The van der Waals surface area contributed by atoms with Crippen molar-refractivity contribution in [2.75, 3.05) is 7.11 Å². The molecule has 21 heavy (non-hydrogen) atoms. The lowest BCUT2D eigenvalue weighted by molar-refractivity contribution is 0.0603. The first-order chi connectivity index (χ1) is 10.3. The van der Waals surface area contributed by atoms with Crippen molar-refractivity contribution in [3.8, 4) is 0 Å². The van der Waals surface area contributed by atoms with Crippen LogP contribution < -0.4 is 0 Å². The molecule has 0 unspecified atom stereocenters. The van der Waals surface area contributed by atoms with Crippen LogP contribution in [0.2, 0.25) is 0 Å². The highest BCUT2D eigenvalue weighted by Crippen LogP contribution is 2.32. The largest absolute Gasteiger partial charge is 0.465 e. The second kappa shape index (κ2) is 4.28. The standard InChI is InChI=1S/C16H11N3O2/c1-21-16(20)11-6-13-12(8-18-19-13)14-10-5-3-2-4-9(10)7-17-15(11)14/h2-8H,1H3,(H,18,19). The molecule has 0 saturated carbocycles. The first-order valence-corrected chi connectivity index (χ1v) is 6.51. The number of nitrogens with zero attached hydrogens (tertiary/aromatic N) is 2. The van der Waals surface area contributed by atoms with Crippen LogP contribution >= 0.6 is 0 Å². The van der Waals surface area contributed by atoms with Crippen molar-refractivity contribution in [1.82, 2.24) is 15.2 Å². The third kappa shape index (κ3) is 1.61. The highest BCUT2D eigenvalue weighted by molar-refractivity contribution is 6.22. The van der Waals surface area contributed by atoms with Gasteiger partial charge in [0, 0.05) is 22.4 Å². The molecule has 0 fully saturated rings. The fraction of sp³-hybridized carbons (Fsp3) is 0.0625. The van der Waals surface area contributed by atoms with E-state index in [0.29, 0.717) is 11.1 Å². The molecule has 5 heteroatoms. The molecule has 2 aromatic heterocycles. The van der Waals surface area contributed by atoms with E-state index in [9.17, 15) is 4.79 Å². The molecule has 2 aromatic carbocycles. The summed E-state index contributed by atoms with van der Waals surface area (Å²) >= 11 is 0.